The lowest BCUT2D eigenvalue weighted by atomic mass is 10.2. The summed E-state index contributed by atoms with van der Waals surface area (Å²) in [5.74, 6) is -0.663. The van der Waals surface area contributed by atoms with Crippen LogP contribution in [0.25, 0.3) is 5.69 Å². The molecule has 3 rings (SSSR count). The average molecular weight is 413 g/mol. The topological polar surface area (TPSA) is 76.0 Å². The Labute approximate surface area is 159 Å². The van der Waals surface area contributed by atoms with Gasteiger partial charge in [-0.3, -0.25) is 14.2 Å². The van der Waals surface area contributed by atoms with Crippen LogP contribution < -0.4 is 10.6 Å². The number of hydrogen-bond donors (Lipinski definition) is 2. The van der Waals surface area contributed by atoms with Crippen LogP contribution in [-0.2, 0) is 4.79 Å². The predicted octanol–water partition coefficient (Wildman–Crippen LogP) is 3.31. The second kappa shape index (κ2) is 7.97. The zero-order chi connectivity index (χ0) is 18.5. The smallest absolute Gasteiger partial charge is 0.270 e. The molecule has 0 atom stereocenters. The van der Waals surface area contributed by atoms with E-state index < -0.39 is 0 Å². The van der Waals surface area contributed by atoms with E-state index in [4.69, 9.17) is 0 Å². The van der Waals surface area contributed by atoms with Crippen molar-refractivity contribution < 1.29 is 9.59 Å². The summed E-state index contributed by atoms with van der Waals surface area (Å²) in [6.45, 7) is 1.77. The van der Waals surface area contributed by atoms with Crippen molar-refractivity contribution in [3.8, 4) is 5.69 Å². The fraction of sp³-hybridized carbons (Fsp3) is 0.105. The number of nitrogens with zero attached hydrogens (tertiary/aromatic N) is 2. The number of carbonyl (C=O) groups is 2. The lowest BCUT2D eigenvalue weighted by Crippen LogP contribution is -2.33. The third-order valence-electron chi connectivity index (χ3n) is 3.78. The molecule has 1 heterocycles. The van der Waals surface area contributed by atoms with Gasteiger partial charge in [-0.25, -0.2) is 4.98 Å². The number of aromatic nitrogens is 2. The lowest BCUT2D eigenvalue weighted by molar-refractivity contribution is -0.115. The average Bonchev–Trinajstić information content (AvgIpc) is 3.13. The number of halogens is 1. The summed E-state index contributed by atoms with van der Waals surface area (Å²) in [6.07, 6.45) is 3.04. The van der Waals surface area contributed by atoms with Crippen molar-refractivity contribution in [3.63, 3.8) is 0 Å². The molecular formula is C19H17BrN4O2. The van der Waals surface area contributed by atoms with Gasteiger partial charge in [0.2, 0.25) is 5.91 Å². The van der Waals surface area contributed by atoms with Crippen molar-refractivity contribution in [3.05, 3.63) is 76.8 Å². The number of anilines is 1. The number of imidazole rings is 1. The van der Waals surface area contributed by atoms with E-state index in [2.05, 4.69) is 31.5 Å². The van der Waals surface area contributed by atoms with E-state index in [1.165, 1.54) is 6.20 Å². The van der Waals surface area contributed by atoms with Gasteiger partial charge < -0.3 is 10.6 Å². The van der Waals surface area contributed by atoms with Crippen molar-refractivity contribution in [2.75, 3.05) is 11.9 Å². The maximum atomic E-state index is 12.4. The summed E-state index contributed by atoms with van der Waals surface area (Å²) in [5, 5.41) is 5.41. The molecule has 2 aromatic carbocycles. The van der Waals surface area contributed by atoms with Crippen LogP contribution in [0.3, 0.4) is 0 Å². The van der Waals surface area contributed by atoms with Gasteiger partial charge in [-0.15, -0.1) is 0 Å². The molecule has 7 heteroatoms. The molecular weight excluding hydrogens is 396 g/mol. The number of para-hydroxylation sites is 1. The summed E-state index contributed by atoms with van der Waals surface area (Å²) >= 11 is 3.38. The molecule has 0 saturated carbocycles. The zero-order valence-electron chi connectivity index (χ0n) is 14.1. The van der Waals surface area contributed by atoms with Crippen molar-refractivity contribution in [2.24, 2.45) is 0 Å². The Hall–Kier alpha value is -2.93. The van der Waals surface area contributed by atoms with Gasteiger partial charge in [0.15, 0.2) is 0 Å². The largest absolute Gasteiger partial charge is 0.342 e. The highest BCUT2D eigenvalue weighted by molar-refractivity contribution is 9.10. The number of aryl methyl sites for hydroxylation is 1. The van der Waals surface area contributed by atoms with Crippen molar-refractivity contribution in [1.29, 1.82) is 0 Å². The van der Waals surface area contributed by atoms with E-state index in [0.717, 1.165) is 15.7 Å². The molecule has 0 aliphatic heterocycles. The van der Waals surface area contributed by atoms with Crippen LogP contribution in [0.1, 0.15) is 16.1 Å². The fourth-order valence-corrected chi connectivity index (χ4v) is 2.95. The molecule has 132 valence electrons. The van der Waals surface area contributed by atoms with Gasteiger partial charge in [-0.2, -0.15) is 0 Å². The van der Waals surface area contributed by atoms with E-state index in [1.54, 1.807) is 10.9 Å². The maximum Gasteiger partial charge on any atom is 0.270 e. The molecule has 3 aromatic rings. The SMILES string of the molecule is Cc1cc(Br)ccc1NC(=O)CNC(=O)c1cncn1-c1ccccc1. The van der Waals surface area contributed by atoms with E-state index in [9.17, 15) is 9.59 Å². The van der Waals surface area contributed by atoms with E-state index >= 15 is 0 Å². The van der Waals surface area contributed by atoms with Crippen LogP contribution in [0.4, 0.5) is 5.69 Å². The number of rotatable bonds is 5. The highest BCUT2D eigenvalue weighted by Crippen LogP contribution is 2.19. The first kappa shape index (κ1) is 17.9. The van der Waals surface area contributed by atoms with Crippen LogP contribution in [-0.4, -0.2) is 27.9 Å². The van der Waals surface area contributed by atoms with Gasteiger partial charge in [0.1, 0.15) is 5.69 Å². The van der Waals surface area contributed by atoms with Crippen molar-refractivity contribution in [2.45, 2.75) is 6.92 Å². The maximum absolute atomic E-state index is 12.4. The molecule has 2 N–H and O–H groups in total. The van der Waals surface area contributed by atoms with Crippen LogP contribution in [0.15, 0.2) is 65.5 Å². The summed E-state index contributed by atoms with van der Waals surface area (Å²) in [7, 11) is 0. The molecule has 0 spiro atoms. The Bertz CT molecular complexity index is 938. The number of carbonyl (C=O) groups excluding carboxylic acids is 2. The zero-order valence-corrected chi connectivity index (χ0v) is 15.7. The molecule has 0 aliphatic rings. The fourth-order valence-electron chi connectivity index (χ4n) is 2.47. The summed E-state index contributed by atoms with van der Waals surface area (Å²) in [6, 6.07) is 15.0. The highest BCUT2D eigenvalue weighted by Gasteiger charge is 2.14. The molecule has 0 fully saturated rings. The first-order valence-corrected chi connectivity index (χ1v) is 8.76. The molecule has 1 aromatic heterocycles. The van der Waals surface area contributed by atoms with E-state index in [0.29, 0.717) is 11.4 Å². The molecule has 26 heavy (non-hydrogen) atoms. The molecule has 0 aliphatic carbocycles. The number of benzene rings is 2. The Morgan fingerprint density at radius 3 is 2.65 bits per heavy atom. The van der Waals surface area contributed by atoms with E-state index in [1.807, 2.05) is 55.5 Å². The Kier molecular flexibility index (Phi) is 5.48. The van der Waals surface area contributed by atoms with Gasteiger partial charge in [-0.1, -0.05) is 34.1 Å². The highest BCUT2D eigenvalue weighted by atomic mass is 79.9. The second-order valence-corrected chi connectivity index (χ2v) is 6.59. The minimum atomic E-state index is -0.367. The number of nitrogens with one attached hydrogen (secondary N) is 2. The third kappa shape index (κ3) is 4.18. The lowest BCUT2D eigenvalue weighted by Gasteiger charge is -2.11. The summed E-state index contributed by atoms with van der Waals surface area (Å²) < 4.78 is 2.61. The van der Waals surface area contributed by atoms with Gasteiger partial charge in [0.25, 0.3) is 5.91 Å². The molecule has 0 radical (unpaired) electrons. The first-order valence-electron chi connectivity index (χ1n) is 7.96. The molecule has 0 saturated heterocycles. The van der Waals surface area contributed by atoms with Gasteiger partial charge >= 0.3 is 0 Å². The third-order valence-corrected chi connectivity index (χ3v) is 4.27. The van der Waals surface area contributed by atoms with Crippen LogP contribution in [0.2, 0.25) is 0 Å². The normalized spacial score (nSPS) is 10.4. The van der Waals surface area contributed by atoms with Crippen LogP contribution >= 0.6 is 15.9 Å². The number of hydrogen-bond acceptors (Lipinski definition) is 3. The second-order valence-electron chi connectivity index (χ2n) is 5.67. The quantitative estimate of drug-likeness (QED) is 0.674. The van der Waals surface area contributed by atoms with Crippen molar-refractivity contribution >= 4 is 33.4 Å². The molecule has 0 bridgehead atoms. The van der Waals surface area contributed by atoms with Crippen molar-refractivity contribution in [1.82, 2.24) is 14.9 Å². The first-order chi connectivity index (χ1) is 12.5. The monoisotopic (exact) mass is 412 g/mol. The Balaban J connectivity index is 1.63. The predicted molar refractivity (Wildman–Crippen MR) is 103 cm³/mol. The Morgan fingerprint density at radius 2 is 1.92 bits per heavy atom. The minimum Gasteiger partial charge on any atom is -0.342 e. The molecule has 6 nitrogen and oxygen atoms in total. The van der Waals surface area contributed by atoms with E-state index in [-0.39, 0.29) is 18.4 Å². The molecule has 2 amide bonds. The van der Waals surface area contributed by atoms with Gasteiger partial charge in [0.05, 0.1) is 19.1 Å². The molecule has 0 unspecified atom stereocenters. The summed E-state index contributed by atoms with van der Waals surface area (Å²) in [4.78, 5) is 28.6. The van der Waals surface area contributed by atoms with Gasteiger partial charge in [0, 0.05) is 15.8 Å². The van der Waals surface area contributed by atoms with Crippen LogP contribution in [0.5, 0.6) is 0 Å². The standard InChI is InChI=1S/C19H17BrN4O2/c1-13-9-14(20)7-8-16(13)23-18(25)11-22-19(26)17-10-21-12-24(17)15-5-3-2-4-6-15/h2-10,12H,11H2,1H3,(H,22,26)(H,23,25). The van der Waals surface area contributed by atoms with Gasteiger partial charge in [-0.05, 0) is 42.8 Å². The number of amides is 2. The van der Waals surface area contributed by atoms with Crippen LogP contribution in [0, 0.1) is 6.92 Å². The summed E-state index contributed by atoms with van der Waals surface area (Å²) in [5.41, 5.74) is 2.83. The Morgan fingerprint density at radius 1 is 1.15 bits per heavy atom. The minimum absolute atomic E-state index is 0.131.